The molecule has 2 unspecified atom stereocenters. The third-order valence-corrected chi connectivity index (χ3v) is 3.69. The fourth-order valence-corrected chi connectivity index (χ4v) is 2.80. The Morgan fingerprint density at radius 3 is 2.84 bits per heavy atom. The second-order valence-electron chi connectivity index (χ2n) is 5.71. The molecule has 5 nitrogen and oxygen atoms in total. The Kier molecular flexibility index (Phi) is 4.58. The Bertz CT molecular complexity index is 428. The van der Waals surface area contributed by atoms with Crippen LogP contribution in [0.3, 0.4) is 0 Å². The van der Waals surface area contributed by atoms with Crippen LogP contribution in [0.15, 0.2) is 10.6 Å². The largest absolute Gasteiger partial charge is 0.361 e. The summed E-state index contributed by atoms with van der Waals surface area (Å²) >= 11 is 0. The molecule has 2 rings (SSSR count). The summed E-state index contributed by atoms with van der Waals surface area (Å²) < 4.78 is 4.95. The SMILES string of the molecule is Cc1cc(C(=O)NC2CCCCC2CN(C)C)no1. The van der Waals surface area contributed by atoms with E-state index in [2.05, 4.69) is 29.5 Å². The second-order valence-corrected chi connectivity index (χ2v) is 5.71. The van der Waals surface area contributed by atoms with Crippen LogP contribution in [0.25, 0.3) is 0 Å². The first-order valence-electron chi connectivity index (χ1n) is 6.95. The predicted octanol–water partition coefficient (Wildman–Crippen LogP) is 1.83. The molecule has 1 aromatic rings. The van der Waals surface area contributed by atoms with Crippen molar-refractivity contribution < 1.29 is 9.32 Å². The van der Waals surface area contributed by atoms with E-state index in [1.165, 1.54) is 19.3 Å². The Balaban J connectivity index is 1.97. The first-order chi connectivity index (χ1) is 9.06. The smallest absolute Gasteiger partial charge is 0.273 e. The minimum atomic E-state index is -0.118. The van der Waals surface area contributed by atoms with E-state index in [4.69, 9.17) is 4.52 Å². The lowest BCUT2D eigenvalue weighted by atomic mass is 9.84. The van der Waals surface area contributed by atoms with Crippen LogP contribution in [0.5, 0.6) is 0 Å². The first kappa shape index (κ1) is 14.1. The van der Waals surface area contributed by atoms with Crippen LogP contribution in [0.2, 0.25) is 0 Å². The lowest BCUT2D eigenvalue weighted by molar-refractivity contribution is 0.0886. The molecule has 106 valence electrons. The quantitative estimate of drug-likeness (QED) is 0.902. The minimum absolute atomic E-state index is 0.118. The van der Waals surface area contributed by atoms with Gasteiger partial charge < -0.3 is 14.7 Å². The minimum Gasteiger partial charge on any atom is -0.361 e. The molecular formula is C14H23N3O2. The molecule has 2 atom stereocenters. The molecular weight excluding hydrogens is 242 g/mol. The molecule has 0 bridgehead atoms. The zero-order valence-corrected chi connectivity index (χ0v) is 12.0. The maximum absolute atomic E-state index is 12.1. The Labute approximate surface area is 114 Å². The topological polar surface area (TPSA) is 58.4 Å². The number of rotatable bonds is 4. The molecule has 1 N–H and O–H groups in total. The molecule has 5 heteroatoms. The average Bonchev–Trinajstić information content (AvgIpc) is 2.78. The molecule has 1 aliphatic rings. The summed E-state index contributed by atoms with van der Waals surface area (Å²) in [6, 6.07) is 1.93. The summed E-state index contributed by atoms with van der Waals surface area (Å²) in [4.78, 5) is 14.3. The molecule has 0 aliphatic heterocycles. The van der Waals surface area contributed by atoms with Gasteiger partial charge in [0.25, 0.3) is 5.91 Å². The van der Waals surface area contributed by atoms with Crippen molar-refractivity contribution in [3.8, 4) is 0 Å². The fraction of sp³-hybridized carbons (Fsp3) is 0.714. The third kappa shape index (κ3) is 3.80. The van der Waals surface area contributed by atoms with E-state index >= 15 is 0 Å². The molecule has 19 heavy (non-hydrogen) atoms. The maximum atomic E-state index is 12.1. The zero-order chi connectivity index (χ0) is 13.8. The van der Waals surface area contributed by atoms with Crippen LogP contribution in [-0.4, -0.2) is 42.6 Å². The molecule has 0 spiro atoms. The highest BCUT2D eigenvalue weighted by atomic mass is 16.5. The van der Waals surface area contributed by atoms with Gasteiger partial charge in [-0.25, -0.2) is 0 Å². The average molecular weight is 265 g/mol. The lowest BCUT2D eigenvalue weighted by Gasteiger charge is -2.33. The van der Waals surface area contributed by atoms with Gasteiger partial charge in [0, 0.05) is 18.7 Å². The highest BCUT2D eigenvalue weighted by Crippen LogP contribution is 2.25. The van der Waals surface area contributed by atoms with Crippen molar-refractivity contribution in [1.29, 1.82) is 0 Å². The number of aryl methyl sites for hydroxylation is 1. The number of aromatic nitrogens is 1. The van der Waals surface area contributed by atoms with Gasteiger partial charge in [0.05, 0.1) is 0 Å². The van der Waals surface area contributed by atoms with E-state index in [0.717, 1.165) is 13.0 Å². The van der Waals surface area contributed by atoms with E-state index in [1.807, 2.05) is 0 Å². The van der Waals surface area contributed by atoms with E-state index in [9.17, 15) is 4.79 Å². The van der Waals surface area contributed by atoms with Crippen molar-refractivity contribution in [1.82, 2.24) is 15.4 Å². The fourth-order valence-electron chi connectivity index (χ4n) is 2.80. The van der Waals surface area contributed by atoms with Crippen molar-refractivity contribution >= 4 is 5.91 Å². The summed E-state index contributed by atoms with van der Waals surface area (Å²) in [6.07, 6.45) is 4.68. The molecule has 1 aliphatic carbocycles. The summed E-state index contributed by atoms with van der Waals surface area (Å²) in [7, 11) is 4.16. The predicted molar refractivity (Wildman–Crippen MR) is 73.0 cm³/mol. The van der Waals surface area contributed by atoms with Crippen LogP contribution >= 0.6 is 0 Å². The van der Waals surface area contributed by atoms with Crippen LogP contribution in [-0.2, 0) is 0 Å². The van der Waals surface area contributed by atoms with Crippen molar-refractivity contribution in [3.63, 3.8) is 0 Å². The number of nitrogens with zero attached hydrogens (tertiary/aromatic N) is 2. The summed E-state index contributed by atoms with van der Waals surface area (Å²) in [6.45, 7) is 2.81. The van der Waals surface area contributed by atoms with Crippen LogP contribution < -0.4 is 5.32 Å². The number of carbonyl (C=O) groups is 1. The Morgan fingerprint density at radius 2 is 2.21 bits per heavy atom. The Hall–Kier alpha value is -1.36. The first-order valence-corrected chi connectivity index (χ1v) is 6.95. The van der Waals surface area contributed by atoms with E-state index in [-0.39, 0.29) is 11.9 Å². The molecule has 0 aromatic carbocycles. The van der Waals surface area contributed by atoms with Gasteiger partial charge in [0.2, 0.25) is 0 Å². The standard InChI is InChI=1S/C14H23N3O2/c1-10-8-13(16-19-10)14(18)15-12-7-5-4-6-11(12)9-17(2)3/h8,11-12H,4-7,9H2,1-3H3,(H,15,18). The lowest BCUT2D eigenvalue weighted by Crippen LogP contribution is -2.45. The molecule has 1 fully saturated rings. The monoisotopic (exact) mass is 265 g/mol. The zero-order valence-electron chi connectivity index (χ0n) is 12.0. The molecule has 0 saturated heterocycles. The van der Waals surface area contributed by atoms with Gasteiger partial charge in [0.1, 0.15) is 5.76 Å². The highest BCUT2D eigenvalue weighted by Gasteiger charge is 2.27. The summed E-state index contributed by atoms with van der Waals surface area (Å²) in [5.74, 6) is 1.08. The number of carbonyl (C=O) groups excluding carboxylic acids is 1. The maximum Gasteiger partial charge on any atom is 0.273 e. The highest BCUT2D eigenvalue weighted by molar-refractivity contribution is 5.92. The molecule has 1 aromatic heterocycles. The van der Waals surface area contributed by atoms with Crippen molar-refractivity contribution in [3.05, 3.63) is 17.5 Å². The van der Waals surface area contributed by atoms with Gasteiger partial charge in [-0.05, 0) is 39.8 Å². The van der Waals surface area contributed by atoms with Gasteiger partial charge >= 0.3 is 0 Å². The second kappa shape index (κ2) is 6.19. The van der Waals surface area contributed by atoms with Crippen molar-refractivity contribution in [2.24, 2.45) is 5.92 Å². The van der Waals surface area contributed by atoms with Crippen LogP contribution in [0.4, 0.5) is 0 Å². The molecule has 1 amide bonds. The van der Waals surface area contributed by atoms with Gasteiger partial charge in [0.15, 0.2) is 5.69 Å². The number of amides is 1. The van der Waals surface area contributed by atoms with Gasteiger partial charge in [-0.1, -0.05) is 18.0 Å². The van der Waals surface area contributed by atoms with E-state index in [0.29, 0.717) is 17.4 Å². The van der Waals surface area contributed by atoms with Crippen LogP contribution in [0.1, 0.15) is 41.9 Å². The van der Waals surface area contributed by atoms with Crippen molar-refractivity contribution in [2.75, 3.05) is 20.6 Å². The Morgan fingerprint density at radius 1 is 1.47 bits per heavy atom. The van der Waals surface area contributed by atoms with E-state index in [1.54, 1.807) is 13.0 Å². The number of hydrogen-bond donors (Lipinski definition) is 1. The van der Waals surface area contributed by atoms with Gasteiger partial charge in [-0.15, -0.1) is 0 Å². The molecule has 1 saturated carbocycles. The van der Waals surface area contributed by atoms with Crippen molar-refractivity contribution in [2.45, 2.75) is 38.6 Å². The summed E-state index contributed by atoms with van der Waals surface area (Å²) in [5.41, 5.74) is 0.381. The van der Waals surface area contributed by atoms with Gasteiger partial charge in [-0.2, -0.15) is 0 Å². The normalized spacial score (nSPS) is 23.6. The van der Waals surface area contributed by atoms with Gasteiger partial charge in [-0.3, -0.25) is 4.79 Å². The third-order valence-electron chi connectivity index (χ3n) is 3.69. The number of nitrogens with one attached hydrogen (secondary N) is 1. The molecule has 1 heterocycles. The molecule has 0 radical (unpaired) electrons. The summed E-state index contributed by atoms with van der Waals surface area (Å²) in [5, 5.41) is 6.89. The van der Waals surface area contributed by atoms with Crippen LogP contribution in [0, 0.1) is 12.8 Å². The number of hydrogen-bond acceptors (Lipinski definition) is 4. The van der Waals surface area contributed by atoms with E-state index < -0.39 is 0 Å².